The highest BCUT2D eigenvalue weighted by Gasteiger charge is 2.56. The molecule has 1 N–H and O–H groups in total. The second-order valence-electron chi connectivity index (χ2n) is 8.19. The van der Waals surface area contributed by atoms with E-state index in [1.54, 1.807) is 7.11 Å². The molecule has 0 radical (unpaired) electrons. The number of methoxy groups -OCH3 is 1. The van der Waals surface area contributed by atoms with Crippen LogP contribution in [0.3, 0.4) is 0 Å². The Labute approximate surface area is 180 Å². The van der Waals surface area contributed by atoms with E-state index < -0.39 is 11.5 Å². The molecule has 1 aliphatic heterocycles. The molecule has 1 aromatic carbocycles. The van der Waals surface area contributed by atoms with Crippen molar-refractivity contribution in [1.29, 1.82) is 0 Å². The Kier molecular flexibility index (Phi) is 5.88. The van der Waals surface area contributed by atoms with Crippen LogP contribution < -0.4 is 5.32 Å². The zero-order valence-corrected chi connectivity index (χ0v) is 18.5. The van der Waals surface area contributed by atoms with E-state index in [1.807, 2.05) is 29.2 Å². The number of benzene rings is 1. The summed E-state index contributed by atoms with van der Waals surface area (Å²) in [5.41, 5.74) is 0.959. The molecule has 1 fully saturated rings. The van der Waals surface area contributed by atoms with Crippen LogP contribution >= 0.6 is 11.3 Å². The third-order valence-corrected chi connectivity index (χ3v) is 7.28. The number of rotatable bonds is 6. The molecular weight excluding hydrogens is 400 g/mol. The van der Waals surface area contributed by atoms with Crippen molar-refractivity contribution in [3.8, 4) is 0 Å². The minimum Gasteiger partial charge on any atom is -0.377 e. The van der Waals surface area contributed by atoms with Crippen molar-refractivity contribution in [3.63, 3.8) is 0 Å². The van der Waals surface area contributed by atoms with E-state index in [-0.39, 0.29) is 17.9 Å². The predicted octanol–water partition coefficient (Wildman–Crippen LogP) is 3.97. The molecule has 0 saturated heterocycles. The number of anilines is 1. The number of carbonyl (C=O) groups is 2. The summed E-state index contributed by atoms with van der Waals surface area (Å²) in [6.07, 6.45) is 4.55. The van der Waals surface area contributed by atoms with Crippen LogP contribution in [0.2, 0.25) is 0 Å². The van der Waals surface area contributed by atoms with Crippen molar-refractivity contribution in [3.05, 3.63) is 40.4 Å². The van der Waals surface area contributed by atoms with Gasteiger partial charge in [0.1, 0.15) is 11.6 Å². The van der Waals surface area contributed by atoms with Gasteiger partial charge in [0.05, 0.1) is 11.5 Å². The van der Waals surface area contributed by atoms with Crippen molar-refractivity contribution >= 4 is 28.3 Å². The Morgan fingerprint density at radius 3 is 2.77 bits per heavy atom. The van der Waals surface area contributed by atoms with Gasteiger partial charge in [-0.2, -0.15) is 0 Å². The molecule has 160 valence electrons. The maximum atomic E-state index is 13.7. The molecule has 1 aromatic heterocycles. The van der Waals surface area contributed by atoms with E-state index in [9.17, 15) is 9.59 Å². The van der Waals surface area contributed by atoms with Gasteiger partial charge in [0.15, 0.2) is 0 Å². The first-order valence-electron chi connectivity index (χ1n) is 10.6. The highest BCUT2D eigenvalue weighted by Crippen LogP contribution is 2.51. The molecule has 2 aromatic rings. The summed E-state index contributed by atoms with van der Waals surface area (Å²) in [6, 6.07) is 7.62. The molecule has 7 nitrogen and oxygen atoms in total. The van der Waals surface area contributed by atoms with Gasteiger partial charge in [0.25, 0.3) is 5.91 Å². The second kappa shape index (κ2) is 8.43. The number of aromatic nitrogens is 2. The SMILES string of the molecule is CC[C@H](C)N1C(=O)c2ccccc2[C@H](C(=O)Nc2nnc(COC)s2)C12CCCC2. The fourth-order valence-electron chi connectivity index (χ4n) is 5.09. The van der Waals surface area contributed by atoms with E-state index in [0.29, 0.717) is 22.3 Å². The number of ether oxygens (including phenoxy) is 1. The molecule has 1 aliphatic carbocycles. The molecule has 30 heavy (non-hydrogen) atoms. The number of hydrogen-bond acceptors (Lipinski definition) is 6. The first-order valence-corrected chi connectivity index (χ1v) is 11.4. The molecule has 0 bridgehead atoms. The third-order valence-electron chi connectivity index (χ3n) is 6.47. The lowest BCUT2D eigenvalue weighted by molar-refractivity contribution is -0.121. The van der Waals surface area contributed by atoms with Crippen LogP contribution in [-0.4, -0.2) is 45.6 Å². The van der Waals surface area contributed by atoms with Gasteiger partial charge in [0, 0.05) is 18.7 Å². The first kappa shape index (κ1) is 20.9. The Morgan fingerprint density at radius 1 is 1.33 bits per heavy atom. The van der Waals surface area contributed by atoms with Gasteiger partial charge < -0.3 is 9.64 Å². The summed E-state index contributed by atoms with van der Waals surface area (Å²) in [7, 11) is 1.60. The van der Waals surface area contributed by atoms with Gasteiger partial charge in [-0.05, 0) is 37.8 Å². The van der Waals surface area contributed by atoms with Crippen LogP contribution in [0.25, 0.3) is 0 Å². The smallest absolute Gasteiger partial charge is 0.254 e. The summed E-state index contributed by atoms with van der Waals surface area (Å²) in [5, 5.41) is 12.3. The van der Waals surface area contributed by atoms with Gasteiger partial charge in [-0.15, -0.1) is 10.2 Å². The van der Waals surface area contributed by atoms with Gasteiger partial charge >= 0.3 is 0 Å². The molecule has 2 atom stereocenters. The van der Waals surface area contributed by atoms with Crippen LogP contribution in [0, 0.1) is 0 Å². The monoisotopic (exact) mass is 428 g/mol. The molecule has 0 unspecified atom stereocenters. The van der Waals surface area contributed by atoms with Gasteiger partial charge in [0.2, 0.25) is 11.0 Å². The highest BCUT2D eigenvalue weighted by molar-refractivity contribution is 7.15. The number of fused-ring (bicyclic) bond motifs is 1. The standard InChI is InChI=1S/C22H28N4O3S/c1-4-14(2)26-20(28)16-10-6-5-9-15(16)18(22(26)11-7-8-12-22)19(27)23-21-25-24-17(30-21)13-29-3/h5-6,9-10,14,18H,4,7-8,11-13H2,1-3H3,(H,23,25,27)/t14-,18+/m0/s1. The topological polar surface area (TPSA) is 84.4 Å². The van der Waals surface area contributed by atoms with Gasteiger partial charge in [-0.25, -0.2) is 0 Å². The van der Waals surface area contributed by atoms with Crippen LogP contribution in [0.1, 0.15) is 72.8 Å². The Hall–Kier alpha value is -2.32. The van der Waals surface area contributed by atoms with E-state index in [4.69, 9.17) is 4.74 Å². The largest absolute Gasteiger partial charge is 0.377 e. The minimum atomic E-state index is -0.495. The summed E-state index contributed by atoms with van der Waals surface area (Å²) < 4.78 is 5.10. The van der Waals surface area contributed by atoms with Gasteiger partial charge in [-0.1, -0.05) is 49.3 Å². The quantitative estimate of drug-likeness (QED) is 0.752. The maximum Gasteiger partial charge on any atom is 0.254 e. The lowest BCUT2D eigenvalue weighted by Gasteiger charge is -2.52. The number of amides is 2. The van der Waals surface area contributed by atoms with Gasteiger partial charge in [-0.3, -0.25) is 14.9 Å². The zero-order valence-electron chi connectivity index (χ0n) is 17.7. The lowest BCUT2D eigenvalue weighted by atomic mass is 9.70. The van der Waals surface area contributed by atoms with Crippen molar-refractivity contribution in [2.24, 2.45) is 0 Å². The fourth-order valence-corrected chi connectivity index (χ4v) is 5.81. The number of nitrogens with one attached hydrogen (secondary N) is 1. The lowest BCUT2D eigenvalue weighted by Crippen LogP contribution is -2.62. The van der Waals surface area contributed by atoms with E-state index in [0.717, 1.165) is 37.7 Å². The van der Waals surface area contributed by atoms with Crippen molar-refractivity contribution in [1.82, 2.24) is 15.1 Å². The Bertz CT molecular complexity index is 938. The summed E-state index contributed by atoms with van der Waals surface area (Å²) >= 11 is 1.31. The average Bonchev–Trinajstić information content (AvgIpc) is 3.38. The van der Waals surface area contributed by atoms with Crippen molar-refractivity contribution in [2.75, 3.05) is 12.4 Å². The normalized spacial score (nSPS) is 21.0. The molecule has 2 heterocycles. The molecule has 4 rings (SSSR count). The fraction of sp³-hybridized carbons (Fsp3) is 0.545. The van der Waals surface area contributed by atoms with Crippen molar-refractivity contribution in [2.45, 2.75) is 70.1 Å². The summed E-state index contributed by atoms with van der Waals surface area (Å²) in [4.78, 5) is 29.2. The second-order valence-corrected chi connectivity index (χ2v) is 9.25. The highest BCUT2D eigenvalue weighted by atomic mass is 32.1. The summed E-state index contributed by atoms with van der Waals surface area (Å²) in [6.45, 7) is 4.54. The van der Waals surface area contributed by atoms with Crippen LogP contribution in [0.15, 0.2) is 24.3 Å². The number of carbonyl (C=O) groups excluding carboxylic acids is 2. The first-order chi connectivity index (χ1) is 14.5. The van der Waals surface area contributed by atoms with Crippen LogP contribution in [0.4, 0.5) is 5.13 Å². The Balaban J connectivity index is 1.77. The predicted molar refractivity (Wildman–Crippen MR) is 116 cm³/mol. The van der Waals surface area contributed by atoms with Crippen LogP contribution in [0.5, 0.6) is 0 Å². The van der Waals surface area contributed by atoms with E-state index >= 15 is 0 Å². The minimum absolute atomic E-state index is 0.0456. The molecule has 8 heteroatoms. The van der Waals surface area contributed by atoms with E-state index in [2.05, 4.69) is 29.4 Å². The van der Waals surface area contributed by atoms with Crippen LogP contribution in [-0.2, 0) is 16.1 Å². The molecule has 1 saturated carbocycles. The molecular formula is C22H28N4O3S. The molecule has 2 aliphatic rings. The zero-order chi connectivity index (χ0) is 21.3. The number of hydrogen-bond donors (Lipinski definition) is 1. The van der Waals surface area contributed by atoms with E-state index in [1.165, 1.54) is 11.3 Å². The summed E-state index contributed by atoms with van der Waals surface area (Å²) in [5.74, 6) is -0.507. The Morgan fingerprint density at radius 2 is 2.07 bits per heavy atom. The average molecular weight is 429 g/mol. The molecule has 2 amide bonds. The maximum absolute atomic E-state index is 13.7. The molecule has 1 spiro atoms. The number of nitrogens with zero attached hydrogens (tertiary/aromatic N) is 3. The van der Waals surface area contributed by atoms with Crippen molar-refractivity contribution < 1.29 is 14.3 Å². The third kappa shape index (κ3) is 3.41.